The van der Waals surface area contributed by atoms with Crippen molar-refractivity contribution in [2.24, 2.45) is 0 Å². The Morgan fingerprint density at radius 1 is 1.05 bits per heavy atom. The van der Waals surface area contributed by atoms with Crippen LogP contribution in [0.4, 0.5) is 5.82 Å². The molecule has 11 nitrogen and oxygen atoms in total. The summed E-state index contributed by atoms with van der Waals surface area (Å²) >= 11 is 0. The van der Waals surface area contributed by atoms with Gasteiger partial charge in [0.05, 0.1) is 29.8 Å². The lowest BCUT2D eigenvalue weighted by Gasteiger charge is -2.16. The third kappa shape index (κ3) is 6.19. The van der Waals surface area contributed by atoms with Crippen molar-refractivity contribution in [1.82, 2.24) is 25.1 Å². The highest BCUT2D eigenvalue weighted by molar-refractivity contribution is 7.92. The molecule has 12 heteroatoms. The lowest BCUT2D eigenvalue weighted by atomic mass is 9.97. The highest BCUT2D eigenvalue weighted by Crippen LogP contribution is 2.33. The predicted octanol–water partition coefficient (Wildman–Crippen LogP) is 4.51. The van der Waals surface area contributed by atoms with E-state index in [4.69, 9.17) is 9.26 Å². The molecule has 0 aliphatic rings. The van der Waals surface area contributed by atoms with Crippen molar-refractivity contribution in [3.05, 3.63) is 94.6 Å². The number of benzene rings is 2. The predicted molar refractivity (Wildman–Crippen MR) is 157 cm³/mol. The standard InChI is InChI=1S/C30H32N6O5S/c1-5-40-18-23-15-22(17-31-29(37)16-24-14-19(2)33-28-12-13-32-36(24)28)10-11-25(23)26-8-6-7-9-27(26)42(38,39)35-30-20(3)21(4)41-34-30/h6-15H,5,16-18H2,1-4H3,(H,31,37)(H,34,35). The molecule has 218 valence electrons. The van der Waals surface area contributed by atoms with Gasteiger partial charge in [0.1, 0.15) is 5.76 Å². The summed E-state index contributed by atoms with van der Waals surface area (Å²) in [4.78, 5) is 17.4. The fourth-order valence-corrected chi connectivity index (χ4v) is 5.92. The summed E-state index contributed by atoms with van der Waals surface area (Å²) in [6, 6.07) is 16.1. The maximum Gasteiger partial charge on any atom is 0.263 e. The number of anilines is 1. The third-order valence-corrected chi connectivity index (χ3v) is 8.28. The molecule has 0 bridgehead atoms. The maximum absolute atomic E-state index is 13.5. The molecule has 42 heavy (non-hydrogen) atoms. The fraction of sp³-hybridized carbons (Fsp3) is 0.267. The minimum Gasteiger partial charge on any atom is -0.377 e. The van der Waals surface area contributed by atoms with Gasteiger partial charge in [-0.05, 0) is 56.5 Å². The summed E-state index contributed by atoms with van der Waals surface area (Å²) < 4.78 is 42.0. The molecule has 0 saturated heterocycles. The fourth-order valence-electron chi connectivity index (χ4n) is 4.64. The smallest absolute Gasteiger partial charge is 0.263 e. The van der Waals surface area contributed by atoms with E-state index in [0.29, 0.717) is 34.7 Å². The summed E-state index contributed by atoms with van der Waals surface area (Å²) in [6.45, 7) is 8.28. The van der Waals surface area contributed by atoms with Gasteiger partial charge >= 0.3 is 0 Å². The lowest BCUT2D eigenvalue weighted by Crippen LogP contribution is -2.25. The monoisotopic (exact) mass is 588 g/mol. The zero-order chi connectivity index (χ0) is 29.9. The van der Waals surface area contributed by atoms with Gasteiger partial charge in [-0.3, -0.25) is 9.52 Å². The molecule has 1 amide bonds. The molecular weight excluding hydrogens is 556 g/mol. The number of aryl methyl sites for hydroxylation is 2. The summed E-state index contributed by atoms with van der Waals surface area (Å²) in [5.41, 5.74) is 5.74. The van der Waals surface area contributed by atoms with E-state index in [0.717, 1.165) is 22.5 Å². The number of sulfonamides is 1. The van der Waals surface area contributed by atoms with E-state index in [-0.39, 0.29) is 36.2 Å². The highest BCUT2D eigenvalue weighted by atomic mass is 32.2. The summed E-state index contributed by atoms with van der Waals surface area (Å²) in [5, 5.41) is 11.1. The number of nitrogens with zero attached hydrogens (tertiary/aromatic N) is 4. The summed E-state index contributed by atoms with van der Waals surface area (Å²) in [5.74, 6) is 0.528. The minimum atomic E-state index is -4.00. The number of nitrogens with one attached hydrogen (secondary N) is 2. The Hall–Kier alpha value is -4.55. The molecule has 0 aliphatic carbocycles. The van der Waals surface area contributed by atoms with E-state index in [9.17, 15) is 13.2 Å². The van der Waals surface area contributed by atoms with Gasteiger partial charge in [-0.25, -0.2) is 17.9 Å². The van der Waals surface area contributed by atoms with Crippen LogP contribution in [-0.2, 0) is 39.1 Å². The van der Waals surface area contributed by atoms with E-state index in [1.165, 1.54) is 0 Å². The molecular formula is C30H32N6O5S. The molecule has 5 aromatic rings. The number of carbonyl (C=O) groups excluding carboxylic acids is 1. The molecule has 2 N–H and O–H groups in total. The Balaban J connectivity index is 1.39. The van der Waals surface area contributed by atoms with Gasteiger partial charge in [0, 0.05) is 36.0 Å². The van der Waals surface area contributed by atoms with Crippen LogP contribution in [0.3, 0.4) is 0 Å². The van der Waals surface area contributed by atoms with Gasteiger partial charge in [-0.1, -0.05) is 41.6 Å². The van der Waals surface area contributed by atoms with Crippen LogP contribution in [0, 0.1) is 20.8 Å². The van der Waals surface area contributed by atoms with E-state index in [1.807, 2.05) is 38.1 Å². The van der Waals surface area contributed by atoms with Crippen LogP contribution >= 0.6 is 0 Å². The average Bonchev–Trinajstić information content (AvgIpc) is 3.57. The number of hydrogen-bond donors (Lipinski definition) is 2. The van der Waals surface area contributed by atoms with Crippen molar-refractivity contribution < 1.29 is 22.5 Å². The van der Waals surface area contributed by atoms with Gasteiger partial charge < -0.3 is 14.6 Å². The second-order valence-corrected chi connectivity index (χ2v) is 11.5. The van der Waals surface area contributed by atoms with Gasteiger partial charge in [-0.2, -0.15) is 5.10 Å². The molecule has 3 heterocycles. The zero-order valence-electron chi connectivity index (χ0n) is 23.8. The molecule has 0 saturated carbocycles. The molecule has 3 aromatic heterocycles. The molecule has 5 rings (SSSR count). The average molecular weight is 589 g/mol. The van der Waals surface area contributed by atoms with Gasteiger partial charge in [0.15, 0.2) is 11.5 Å². The van der Waals surface area contributed by atoms with E-state index in [2.05, 4.69) is 25.3 Å². The van der Waals surface area contributed by atoms with Crippen LogP contribution in [0.5, 0.6) is 0 Å². The number of carbonyl (C=O) groups is 1. The van der Waals surface area contributed by atoms with Crippen LogP contribution in [0.25, 0.3) is 16.8 Å². The Labute approximate surface area is 244 Å². The van der Waals surface area contributed by atoms with Gasteiger partial charge in [-0.15, -0.1) is 0 Å². The van der Waals surface area contributed by atoms with Crippen molar-refractivity contribution in [2.75, 3.05) is 11.3 Å². The topological polar surface area (TPSA) is 141 Å². The first-order chi connectivity index (χ1) is 20.2. The second kappa shape index (κ2) is 12.1. The van der Waals surface area contributed by atoms with E-state index < -0.39 is 10.0 Å². The Kier molecular flexibility index (Phi) is 8.36. The number of hydrogen-bond acceptors (Lipinski definition) is 8. The van der Waals surface area contributed by atoms with Gasteiger partial charge in [0.2, 0.25) is 5.91 Å². The first-order valence-corrected chi connectivity index (χ1v) is 15.0. The second-order valence-electron chi connectivity index (χ2n) is 9.89. The molecule has 0 unspecified atom stereocenters. The normalized spacial score (nSPS) is 11.6. The van der Waals surface area contributed by atoms with Crippen molar-refractivity contribution >= 4 is 27.4 Å². The van der Waals surface area contributed by atoms with Crippen LogP contribution in [0.2, 0.25) is 0 Å². The lowest BCUT2D eigenvalue weighted by molar-refractivity contribution is -0.120. The minimum absolute atomic E-state index is 0.0986. The van der Waals surface area contributed by atoms with E-state index >= 15 is 0 Å². The third-order valence-electron chi connectivity index (χ3n) is 6.88. The van der Waals surface area contributed by atoms with E-state index in [1.54, 1.807) is 54.9 Å². The Morgan fingerprint density at radius 3 is 2.62 bits per heavy atom. The number of aromatic nitrogens is 4. The highest BCUT2D eigenvalue weighted by Gasteiger charge is 2.23. The Morgan fingerprint density at radius 2 is 1.86 bits per heavy atom. The van der Waals surface area contributed by atoms with Gasteiger partial charge in [0.25, 0.3) is 10.0 Å². The van der Waals surface area contributed by atoms with Crippen molar-refractivity contribution in [2.45, 2.75) is 52.2 Å². The first-order valence-electron chi connectivity index (χ1n) is 13.5. The van der Waals surface area contributed by atoms with Crippen LogP contribution in [0.15, 0.2) is 70.2 Å². The van der Waals surface area contributed by atoms with Crippen LogP contribution in [-0.4, -0.2) is 40.7 Å². The molecule has 0 aliphatic heterocycles. The Bertz CT molecular complexity index is 1860. The van der Waals surface area contributed by atoms with Crippen LogP contribution in [0.1, 0.15) is 40.8 Å². The van der Waals surface area contributed by atoms with Crippen molar-refractivity contribution in [1.29, 1.82) is 0 Å². The SMILES string of the molecule is CCOCc1cc(CNC(=O)Cc2cc(C)nc3ccnn23)ccc1-c1ccccc1S(=O)(=O)Nc1noc(C)c1C. The number of rotatable bonds is 11. The number of fused-ring (bicyclic) bond motifs is 1. The number of amides is 1. The quantitative estimate of drug-likeness (QED) is 0.230. The molecule has 0 spiro atoms. The molecule has 0 radical (unpaired) electrons. The molecule has 2 aromatic carbocycles. The molecule has 0 fully saturated rings. The number of ether oxygens (including phenoxy) is 1. The summed E-state index contributed by atoms with van der Waals surface area (Å²) in [7, 11) is -4.00. The van der Waals surface area contributed by atoms with Crippen molar-refractivity contribution in [3.63, 3.8) is 0 Å². The zero-order valence-corrected chi connectivity index (χ0v) is 24.7. The maximum atomic E-state index is 13.5. The first kappa shape index (κ1) is 29.0. The largest absolute Gasteiger partial charge is 0.377 e. The van der Waals surface area contributed by atoms with Crippen molar-refractivity contribution in [3.8, 4) is 11.1 Å². The molecule has 0 atom stereocenters. The summed E-state index contributed by atoms with van der Waals surface area (Å²) in [6.07, 6.45) is 1.80. The van der Waals surface area contributed by atoms with Crippen LogP contribution < -0.4 is 10.0 Å².